The van der Waals surface area contributed by atoms with E-state index in [-0.39, 0.29) is 17.7 Å². The van der Waals surface area contributed by atoms with Gasteiger partial charge in [0.2, 0.25) is 0 Å². The van der Waals surface area contributed by atoms with E-state index in [2.05, 4.69) is 10.2 Å². The molecule has 1 atom stereocenters. The number of alkyl halides is 3. The minimum Gasteiger partial charge on any atom is -0.459 e. The van der Waals surface area contributed by atoms with Crippen LogP contribution in [0.2, 0.25) is 0 Å². The quantitative estimate of drug-likeness (QED) is 0.490. The Balaban J connectivity index is 1.76. The molecule has 1 amide bonds. The van der Waals surface area contributed by atoms with Gasteiger partial charge in [-0.1, -0.05) is 12.1 Å². The summed E-state index contributed by atoms with van der Waals surface area (Å²) in [7, 11) is 0. The predicted octanol–water partition coefficient (Wildman–Crippen LogP) is 6.41. The molecule has 1 fully saturated rings. The van der Waals surface area contributed by atoms with E-state index in [9.17, 15) is 18.0 Å². The summed E-state index contributed by atoms with van der Waals surface area (Å²) >= 11 is 1.48. The summed E-state index contributed by atoms with van der Waals surface area (Å²) in [6.07, 6.45) is -0.866. The third-order valence-corrected chi connectivity index (χ3v) is 6.88. The first-order valence-electron chi connectivity index (χ1n) is 10.1. The van der Waals surface area contributed by atoms with E-state index in [0.29, 0.717) is 5.00 Å². The Morgan fingerprint density at radius 3 is 2.39 bits per heavy atom. The fraction of sp³-hybridized carbons (Fsp3) is 0.348. The van der Waals surface area contributed by atoms with Crippen LogP contribution in [0, 0.1) is 13.8 Å². The first-order valence-corrected chi connectivity index (χ1v) is 10.9. The molecule has 4 nitrogen and oxygen atoms in total. The van der Waals surface area contributed by atoms with E-state index in [1.54, 1.807) is 24.3 Å². The summed E-state index contributed by atoms with van der Waals surface area (Å²) in [5, 5.41) is 3.67. The lowest BCUT2D eigenvalue weighted by Gasteiger charge is -2.30. The molecule has 4 rings (SSSR count). The third-order valence-electron chi connectivity index (χ3n) is 5.74. The number of likely N-dealkylation sites (tertiary alicyclic amines) is 1. The van der Waals surface area contributed by atoms with Gasteiger partial charge >= 0.3 is 6.18 Å². The Kier molecular flexibility index (Phi) is 5.94. The van der Waals surface area contributed by atoms with Crippen LogP contribution in [0.15, 0.2) is 47.1 Å². The van der Waals surface area contributed by atoms with Gasteiger partial charge in [0.1, 0.15) is 5.00 Å². The Hall–Kier alpha value is -2.58. The molecule has 0 aliphatic carbocycles. The number of nitrogens with one attached hydrogen (secondary N) is 1. The Morgan fingerprint density at radius 1 is 1.13 bits per heavy atom. The summed E-state index contributed by atoms with van der Waals surface area (Å²) in [5.41, 5.74) is 2.09. The molecule has 3 aromatic rings. The van der Waals surface area contributed by atoms with Crippen molar-refractivity contribution in [1.29, 1.82) is 0 Å². The molecule has 1 aliphatic rings. The van der Waals surface area contributed by atoms with Crippen molar-refractivity contribution in [2.45, 2.75) is 38.9 Å². The van der Waals surface area contributed by atoms with Gasteiger partial charge in [0.15, 0.2) is 5.76 Å². The number of hydrogen-bond donors (Lipinski definition) is 1. The fourth-order valence-electron chi connectivity index (χ4n) is 4.05. The van der Waals surface area contributed by atoms with Crippen LogP contribution in [-0.4, -0.2) is 23.9 Å². The largest absolute Gasteiger partial charge is 0.459 e. The number of benzene rings is 1. The highest BCUT2D eigenvalue weighted by Crippen LogP contribution is 2.43. The van der Waals surface area contributed by atoms with Gasteiger partial charge in [-0.15, -0.1) is 11.3 Å². The maximum atomic E-state index is 13.1. The molecule has 31 heavy (non-hydrogen) atoms. The van der Waals surface area contributed by atoms with Gasteiger partial charge in [-0.05, 0) is 75.2 Å². The van der Waals surface area contributed by atoms with Crippen LogP contribution in [0.3, 0.4) is 0 Å². The third kappa shape index (κ3) is 4.41. The number of nitrogens with zero attached hydrogens (tertiary/aromatic N) is 1. The average molecular weight is 449 g/mol. The minimum atomic E-state index is -4.38. The highest BCUT2D eigenvalue weighted by Gasteiger charge is 2.33. The van der Waals surface area contributed by atoms with Gasteiger partial charge in [-0.25, -0.2) is 0 Å². The van der Waals surface area contributed by atoms with Crippen molar-refractivity contribution >= 4 is 22.2 Å². The van der Waals surface area contributed by atoms with E-state index < -0.39 is 11.7 Å². The highest BCUT2D eigenvalue weighted by molar-refractivity contribution is 7.16. The first kappa shape index (κ1) is 21.6. The van der Waals surface area contributed by atoms with Crippen LogP contribution in [0.25, 0.3) is 0 Å². The van der Waals surface area contributed by atoms with Crippen molar-refractivity contribution < 1.29 is 22.4 Å². The van der Waals surface area contributed by atoms with Crippen LogP contribution in [-0.2, 0) is 6.18 Å². The molecule has 1 aromatic carbocycles. The number of rotatable bonds is 5. The molecule has 2 aromatic heterocycles. The molecule has 1 N–H and O–H groups in total. The van der Waals surface area contributed by atoms with Crippen LogP contribution in [0.5, 0.6) is 0 Å². The van der Waals surface area contributed by atoms with Gasteiger partial charge in [0.25, 0.3) is 5.91 Å². The molecule has 0 radical (unpaired) electrons. The summed E-state index contributed by atoms with van der Waals surface area (Å²) < 4.78 is 44.5. The zero-order chi connectivity index (χ0) is 22.2. The molecular weight excluding hydrogens is 425 g/mol. The van der Waals surface area contributed by atoms with Crippen LogP contribution >= 0.6 is 11.3 Å². The van der Waals surface area contributed by atoms with Crippen molar-refractivity contribution in [1.82, 2.24) is 4.90 Å². The number of hydrogen-bond acceptors (Lipinski definition) is 4. The van der Waals surface area contributed by atoms with Gasteiger partial charge in [-0.2, -0.15) is 13.2 Å². The number of aryl methyl sites for hydroxylation is 1. The van der Waals surface area contributed by atoms with Gasteiger partial charge < -0.3 is 9.73 Å². The lowest BCUT2D eigenvalue weighted by atomic mass is 9.94. The van der Waals surface area contributed by atoms with Gasteiger partial charge in [0, 0.05) is 10.4 Å². The second-order valence-corrected chi connectivity index (χ2v) is 8.95. The van der Waals surface area contributed by atoms with Crippen molar-refractivity contribution in [2.24, 2.45) is 0 Å². The number of thiophene rings is 1. The maximum absolute atomic E-state index is 13.1. The van der Waals surface area contributed by atoms with E-state index in [4.69, 9.17) is 4.42 Å². The number of furan rings is 1. The van der Waals surface area contributed by atoms with E-state index in [1.165, 1.54) is 17.6 Å². The molecule has 1 aliphatic heterocycles. The van der Waals surface area contributed by atoms with Crippen molar-refractivity contribution in [2.75, 3.05) is 18.4 Å². The fourth-order valence-corrected chi connectivity index (χ4v) is 5.14. The average Bonchev–Trinajstić information content (AvgIpc) is 3.48. The standard InChI is InChI=1S/C23H23F3N2O2S/c1-14-15(2)31-22(27-21(29)18-6-5-13-30-18)19(14)20(28-11-3-4-12-28)16-7-9-17(10-8-16)23(24,25)26/h5-10,13,20H,3-4,11-12H2,1-2H3,(H,27,29)/t20-/m0/s1. The number of amides is 1. The second-order valence-electron chi connectivity index (χ2n) is 7.72. The minimum absolute atomic E-state index is 0.210. The van der Waals surface area contributed by atoms with Crippen molar-refractivity contribution in [3.8, 4) is 0 Å². The predicted molar refractivity (Wildman–Crippen MR) is 115 cm³/mol. The zero-order valence-electron chi connectivity index (χ0n) is 17.3. The van der Waals surface area contributed by atoms with Crippen LogP contribution < -0.4 is 5.32 Å². The Labute approximate surface area is 182 Å². The smallest absolute Gasteiger partial charge is 0.416 e. The van der Waals surface area contributed by atoms with Crippen molar-refractivity contribution in [3.63, 3.8) is 0 Å². The molecule has 0 bridgehead atoms. The molecular formula is C23H23F3N2O2S. The lowest BCUT2D eigenvalue weighted by Crippen LogP contribution is -2.28. The molecule has 0 saturated carbocycles. The lowest BCUT2D eigenvalue weighted by molar-refractivity contribution is -0.137. The highest BCUT2D eigenvalue weighted by atomic mass is 32.1. The Morgan fingerprint density at radius 2 is 1.81 bits per heavy atom. The van der Waals surface area contributed by atoms with Crippen molar-refractivity contribution in [3.05, 3.63) is 75.6 Å². The first-order chi connectivity index (χ1) is 14.8. The second kappa shape index (κ2) is 8.51. The summed E-state index contributed by atoms with van der Waals surface area (Å²) in [5.74, 6) is -0.137. The van der Waals surface area contributed by atoms with Gasteiger partial charge in [-0.3, -0.25) is 9.69 Å². The summed E-state index contributed by atoms with van der Waals surface area (Å²) in [6, 6.07) is 8.38. The maximum Gasteiger partial charge on any atom is 0.416 e. The molecule has 164 valence electrons. The Bertz CT molecular complexity index is 1050. The molecule has 3 heterocycles. The SMILES string of the molecule is Cc1sc(NC(=O)c2ccco2)c([C@H](c2ccc(C(F)(F)F)cc2)N2CCCC2)c1C. The molecule has 8 heteroatoms. The number of carbonyl (C=O) groups is 1. The van der Waals surface area contributed by atoms with E-state index in [1.807, 2.05) is 13.8 Å². The number of anilines is 1. The van der Waals surface area contributed by atoms with E-state index in [0.717, 1.165) is 59.6 Å². The van der Waals surface area contributed by atoms with Crippen LogP contribution in [0.1, 0.15) is 56.6 Å². The molecule has 0 unspecified atom stereocenters. The summed E-state index contributed by atoms with van der Waals surface area (Å²) in [4.78, 5) is 16.0. The monoisotopic (exact) mass is 448 g/mol. The zero-order valence-corrected chi connectivity index (χ0v) is 18.1. The molecule has 0 spiro atoms. The molecule has 1 saturated heterocycles. The normalized spacial score (nSPS) is 15.9. The van der Waals surface area contributed by atoms with Gasteiger partial charge in [0.05, 0.1) is 17.9 Å². The topological polar surface area (TPSA) is 45.5 Å². The summed E-state index contributed by atoms with van der Waals surface area (Å²) in [6.45, 7) is 5.69. The van der Waals surface area contributed by atoms with Crippen LogP contribution in [0.4, 0.5) is 18.2 Å². The van der Waals surface area contributed by atoms with E-state index >= 15 is 0 Å². The number of carbonyl (C=O) groups excluding carboxylic acids is 1. The number of halogens is 3.